The first-order valence-electron chi connectivity index (χ1n) is 5.12. The summed E-state index contributed by atoms with van der Waals surface area (Å²) >= 11 is 6.04. The number of methoxy groups -OCH3 is 1. The summed E-state index contributed by atoms with van der Waals surface area (Å²) < 4.78 is 5.04. The Kier molecular flexibility index (Phi) is 3.20. The van der Waals surface area contributed by atoms with E-state index in [9.17, 15) is 5.11 Å². The Morgan fingerprint density at radius 3 is 2.76 bits per heavy atom. The third-order valence-electron chi connectivity index (χ3n) is 2.49. The van der Waals surface area contributed by atoms with Gasteiger partial charge in [-0.25, -0.2) is 4.98 Å². The van der Waals surface area contributed by atoms with Crippen LogP contribution in [0.2, 0.25) is 5.02 Å². The summed E-state index contributed by atoms with van der Waals surface area (Å²) in [5.41, 5.74) is 2.05. The molecule has 0 aliphatic carbocycles. The number of hydrogen-bond acceptors (Lipinski definition) is 3. The maximum absolute atomic E-state index is 9.89. The molecule has 0 bridgehead atoms. The first kappa shape index (κ1) is 11.7. The zero-order chi connectivity index (χ0) is 12.4. The van der Waals surface area contributed by atoms with Crippen LogP contribution in [0.5, 0.6) is 11.6 Å². The van der Waals surface area contributed by atoms with Crippen molar-refractivity contribution in [2.24, 2.45) is 0 Å². The fourth-order valence-electron chi connectivity index (χ4n) is 1.55. The quantitative estimate of drug-likeness (QED) is 0.887. The number of aryl methyl sites for hydroxylation is 1. The molecule has 2 rings (SSSR count). The van der Waals surface area contributed by atoms with E-state index in [0.29, 0.717) is 22.2 Å². The number of hydrogen-bond donors (Lipinski definition) is 1. The minimum Gasteiger partial charge on any atom is -0.507 e. The van der Waals surface area contributed by atoms with Gasteiger partial charge in [-0.1, -0.05) is 17.7 Å². The van der Waals surface area contributed by atoms with Crippen LogP contribution in [0.3, 0.4) is 0 Å². The average molecular weight is 250 g/mol. The molecule has 1 N–H and O–H groups in total. The van der Waals surface area contributed by atoms with Gasteiger partial charge in [-0.3, -0.25) is 0 Å². The molecule has 0 fully saturated rings. The molecule has 0 amide bonds. The molecule has 0 unspecified atom stereocenters. The molecule has 0 radical (unpaired) electrons. The van der Waals surface area contributed by atoms with E-state index in [1.54, 1.807) is 31.4 Å². The molecule has 1 aromatic heterocycles. The third-order valence-corrected chi connectivity index (χ3v) is 2.89. The Labute approximate surface area is 105 Å². The Bertz CT molecular complexity index is 555. The molecule has 4 heteroatoms. The van der Waals surface area contributed by atoms with Gasteiger partial charge < -0.3 is 9.84 Å². The minimum atomic E-state index is 0.160. The van der Waals surface area contributed by atoms with Crippen molar-refractivity contribution in [3.05, 3.63) is 40.9 Å². The first-order valence-corrected chi connectivity index (χ1v) is 5.50. The lowest BCUT2D eigenvalue weighted by molar-refractivity contribution is 0.398. The van der Waals surface area contributed by atoms with Gasteiger partial charge >= 0.3 is 0 Å². The number of rotatable bonds is 2. The summed E-state index contributed by atoms with van der Waals surface area (Å²) in [7, 11) is 1.55. The van der Waals surface area contributed by atoms with Crippen LogP contribution < -0.4 is 4.74 Å². The smallest absolute Gasteiger partial charge is 0.213 e. The molecular weight excluding hydrogens is 238 g/mol. The predicted octanol–water partition coefficient (Wildman–Crippen LogP) is 3.42. The van der Waals surface area contributed by atoms with E-state index >= 15 is 0 Å². The van der Waals surface area contributed by atoms with Crippen molar-refractivity contribution in [3.63, 3.8) is 0 Å². The minimum absolute atomic E-state index is 0.160. The molecule has 0 atom stereocenters. The summed E-state index contributed by atoms with van der Waals surface area (Å²) in [6.07, 6.45) is 0. The molecule has 1 heterocycles. The maximum Gasteiger partial charge on any atom is 0.213 e. The summed E-state index contributed by atoms with van der Waals surface area (Å²) in [4.78, 5) is 4.25. The highest BCUT2D eigenvalue weighted by Gasteiger charge is 2.09. The van der Waals surface area contributed by atoms with Crippen molar-refractivity contribution in [1.29, 1.82) is 0 Å². The molecule has 2 aromatic rings. The second kappa shape index (κ2) is 4.63. The van der Waals surface area contributed by atoms with Crippen molar-refractivity contribution in [3.8, 4) is 22.9 Å². The van der Waals surface area contributed by atoms with Gasteiger partial charge in [0.15, 0.2) is 0 Å². The second-order valence-electron chi connectivity index (χ2n) is 3.68. The number of ether oxygens (including phenoxy) is 1. The highest BCUT2D eigenvalue weighted by molar-refractivity contribution is 6.31. The van der Waals surface area contributed by atoms with Crippen LogP contribution in [-0.4, -0.2) is 17.2 Å². The fraction of sp³-hybridized carbons (Fsp3) is 0.154. The molecule has 0 saturated carbocycles. The van der Waals surface area contributed by atoms with Gasteiger partial charge in [0.25, 0.3) is 0 Å². The van der Waals surface area contributed by atoms with Crippen LogP contribution >= 0.6 is 11.6 Å². The lowest BCUT2D eigenvalue weighted by atomic mass is 10.1. The number of benzene rings is 1. The SMILES string of the molecule is COc1cccc(-c2cc(Cl)c(C)cc2O)n1. The van der Waals surface area contributed by atoms with E-state index in [1.165, 1.54) is 0 Å². The number of aromatic nitrogens is 1. The van der Waals surface area contributed by atoms with Crippen molar-refractivity contribution in [2.75, 3.05) is 7.11 Å². The molecule has 88 valence electrons. The summed E-state index contributed by atoms with van der Waals surface area (Å²) in [5, 5.41) is 10.5. The van der Waals surface area contributed by atoms with E-state index in [4.69, 9.17) is 16.3 Å². The van der Waals surface area contributed by atoms with E-state index in [-0.39, 0.29) is 5.75 Å². The summed E-state index contributed by atoms with van der Waals surface area (Å²) in [5.74, 6) is 0.659. The van der Waals surface area contributed by atoms with Crippen molar-refractivity contribution in [2.45, 2.75) is 6.92 Å². The summed E-state index contributed by atoms with van der Waals surface area (Å²) in [6.45, 7) is 1.84. The lowest BCUT2D eigenvalue weighted by Crippen LogP contribution is -1.90. The Morgan fingerprint density at radius 2 is 2.06 bits per heavy atom. The molecule has 0 saturated heterocycles. The number of phenolic OH excluding ortho intramolecular Hbond substituents is 1. The Morgan fingerprint density at radius 1 is 1.29 bits per heavy atom. The monoisotopic (exact) mass is 249 g/mol. The average Bonchev–Trinajstić information content (AvgIpc) is 2.34. The second-order valence-corrected chi connectivity index (χ2v) is 4.09. The summed E-state index contributed by atoms with van der Waals surface area (Å²) in [6, 6.07) is 8.68. The van der Waals surface area contributed by atoms with E-state index < -0.39 is 0 Å². The largest absolute Gasteiger partial charge is 0.507 e. The highest BCUT2D eigenvalue weighted by atomic mass is 35.5. The van der Waals surface area contributed by atoms with Gasteiger partial charge in [-0.15, -0.1) is 0 Å². The number of halogens is 1. The van der Waals surface area contributed by atoms with E-state index in [2.05, 4.69) is 4.98 Å². The number of phenols is 1. The van der Waals surface area contributed by atoms with Gasteiger partial charge in [0.2, 0.25) is 5.88 Å². The van der Waals surface area contributed by atoms with Gasteiger partial charge in [-0.05, 0) is 30.7 Å². The molecule has 1 aromatic carbocycles. The van der Waals surface area contributed by atoms with Crippen LogP contribution in [0.1, 0.15) is 5.56 Å². The predicted molar refractivity (Wildman–Crippen MR) is 67.6 cm³/mol. The van der Waals surface area contributed by atoms with Crippen LogP contribution in [0, 0.1) is 6.92 Å². The molecular formula is C13H12ClNO2. The maximum atomic E-state index is 9.89. The molecule has 3 nitrogen and oxygen atoms in total. The van der Waals surface area contributed by atoms with Crippen LogP contribution in [0.25, 0.3) is 11.3 Å². The van der Waals surface area contributed by atoms with Gasteiger partial charge in [0, 0.05) is 16.7 Å². The number of nitrogens with zero attached hydrogens (tertiary/aromatic N) is 1. The van der Waals surface area contributed by atoms with E-state index in [0.717, 1.165) is 5.56 Å². The van der Waals surface area contributed by atoms with Crippen LogP contribution in [0.4, 0.5) is 0 Å². The Balaban J connectivity index is 2.56. The zero-order valence-corrected chi connectivity index (χ0v) is 10.3. The third kappa shape index (κ3) is 2.34. The normalized spacial score (nSPS) is 10.3. The Hall–Kier alpha value is -1.74. The topological polar surface area (TPSA) is 42.4 Å². The molecule has 0 aliphatic heterocycles. The number of aromatic hydroxyl groups is 1. The van der Waals surface area contributed by atoms with Crippen LogP contribution in [-0.2, 0) is 0 Å². The van der Waals surface area contributed by atoms with Crippen molar-refractivity contribution < 1.29 is 9.84 Å². The fourth-order valence-corrected chi connectivity index (χ4v) is 1.71. The standard InChI is InChI=1S/C13H12ClNO2/c1-8-6-12(16)9(7-10(8)14)11-4-3-5-13(15-11)17-2/h3-7,16H,1-2H3. The van der Waals surface area contributed by atoms with Crippen molar-refractivity contribution >= 4 is 11.6 Å². The van der Waals surface area contributed by atoms with Crippen LogP contribution in [0.15, 0.2) is 30.3 Å². The zero-order valence-electron chi connectivity index (χ0n) is 9.57. The van der Waals surface area contributed by atoms with Gasteiger partial charge in [0.1, 0.15) is 5.75 Å². The van der Waals surface area contributed by atoms with Crippen molar-refractivity contribution in [1.82, 2.24) is 4.98 Å². The molecule has 17 heavy (non-hydrogen) atoms. The highest BCUT2D eigenvalue weighted by Crippen LogP contribution is 2.33. The van der Waals surface area contributed by atoms with Gasteiger partial charge in [0.05, 0.1) is 12.8 Å². The number of pyridine rings is 1. The lowest BCUT2D eigenvalue weighted by Gasteiger charge is -2.08. The van der Waals surface area contributed by atoms with Gasteiger partial charge in [-0.2, -0.15) is 0 Å². The first-order chi connectivity index (χ1) is 8.11. The van der Waals surface area contributed by atoms with E-state index in [1.807, 2.05) is 13.0 Å². The molecule has 0 spiro atoms. The molecule has 0 aliphatic rings.